The smallest absolute Gasteiger partial charge is 0.228 e. The van der Waals surface area contributed by atoms with Crippen LogP contribution in [0.15, 0.2) is 18.5 Å². The van der Waals surface area contributed by atoms with Crippen molar-refractivity contribution in [2.24, 2.45) is 0 Å². The van der Waals surface area contributed by atoms with Crippen LogP contribution >= 0.6 is 0 Å². The van der Waals surface area contributed by atoms with Crippen LogP contribution in [0.4, 0.5) is 5.69 Å². The van der Waals surface area contributed by atoms with Crippen LogP contribution in [0.3, 0.4) is 0 Å². The molecule has 2 heterocycles. The first-order valence-electron chi connectivity index (χ1n) is 4.97. The highest BCUT2D eigenvalue weighted by Crippen LogP contribution is 2.20. The minimum atomic E-state index is 0.204. The molecule has 4 nitrogen and oxygen atoms in total. The van der Waals surface area contributed by atoms with Gasteiger partial charge in [-0.05, 0) is 12.6 Å². The fraction of sp³-hybridized carbons (Fsp3) is 0.500. The highest BCUT2D eigenvalue weighted by atomic mass is 16.2. The number of amides is 1. The lowest BCUT2D eigenvalue weighted by Gasteiger charge is -2.14. The number of aromatic nitrogens is 1. The van der Waals surface area contributed by atoms with E-state index < -0.39 is 0 Å². The molecule has 1 aromatic heterocycles. The summed E-state index contributed by atoms with van der Waals surface area (Å²) in [5.74, 6) is 0.204. The predicted octanol–water partition coefficient (Wildman–Crippen LogP) is 0.729. The normalized spacial score (nSPS) is 21.9. The fourth-order valence-electron chi connectivity index (χ4n) is 1.87. The number of anilines is 1. The molecule has 2 N–H and O–H groups in total. The Morgan fingerprint density at radius 2 is 2.57 bits per heavy atom. The molecule has 0 aromatic carbocycles. The van der Waals surface area contributed by atoms with Gasteiger partial charge in [0.05, 0.1) is 5.69 Å². The number of nitrogens with zero attached hydrogens (tertiary/aromatic N) is 1. The zero-order valence-electron chi connectivity index (χ0n) is 8.29. The molecule has 1 amide bonds. The van der Waals surface area contributed by atoms with Crippen LogP contribution in [-0.4, -0.2) is 30.0 Å². The van der Waals surface area contributed by atoms with Gasteiger partial charge in [0.2, 0.25) is 5.91 Å². The monoisotopic (exact) mass is 193 g/mol. The van der Waals surface area contributed by atoms with Crippen molar-refractivity contribution in [3.05, 3.63) is 18.5 Å². The molecule has 1 aromatic rings. The topological polar surface area (TPSA) is 48.1 Å². The molecule has 76 valence electrons. The van der Waals surface area contributed by atoms with Gasteiger partial charge in [-0.3, -0.25) is 4.79 Å². The van der Waals surface area contributed by atoms with E-state index in [-0.39, 0.29) is 5.91 Å². The Morgan fingerprint density at radius 1 is 1.71 bits per heavy atom. The van der Waals surface area contributed by atoms with Gasteiger partial charge >= 0.3 is 0 Å². The second kappa shape index (κ2) is 3.84. The molecule has 1 aliphatic heterocycles. The molecular weight excluding hydrogens is 178 g/mol. The van der Waals surface area contributed by atoms with E-state index in [1.807, 2.05) is 23.4 Å². The second-order valence-corrected chi connectivity index (χ2v) is 3.53. The summed E-state index contributed by atoms with van der Waals surface area (Å²) >= 11 is 0. The number of H-pyrrole nitrogens is 1. The minimum absolute atomic E-state index is 0.204. The van der Waals surface area contributed by atoms with Crippen molar-refractivity contribution in [3.8, 4) is 0 Å². The quantitative estimate of drug-likeness (QED) is 0.743. The Kier molecular flexibility index (Phi) is 2.54. The lowest BCUT2D eigenvalue weighted by molar-refractivity contribution is -0.117. The lowest BCUT2D eigenvalue weighted by Crippen LogP contribution is -2.32. The average Bonchev–Trinajstić information content (AvgIpc) is 2.74. The van der Waals surface area contributed by atoms with Crippen molar-refractivity contribution < 1.29 is 4.79 Å². The van der Waals surface area contributed by atoms with Gasteiger partial charge in [-0.25, -0.2) is 0 Å². The number of hydrogen-bond donors (Lipinski definition) is 2. The van der Waals surface area contributed by atoms with Crippen molar-refractivity contribution in [1.82, 2.24) is 10.3 Å². The van der Waals surface area contributed by atoms with Crippen molar-refractivity contribution in [2.75, 3.05) is 18.0 Å². The van der Waals surface area contributed by atoms with Gasteiger partial charge in [-0.1, -0.05) is 6.92 Å². The number of likely N-dealkylation sites (N-methyl/N-ethyl adjacent to an activating group) is 1. The molecule has 1 fully saturated rings. The van der Waals surface area contributed by atoms with E-state index in [0.717, 1.165) is 18.8 Å². The van der Waals surface area contributed by atoms with E-state index >= 15 is 0 Å². The summed E-state index contributed by atoms with van der Waals surface area (Å²) in [4.78, 5) is 16.4. The number of carbonyl (C=O) groups excluding carboxylic acids is 1. The number of hydrogen-bond acceptors (Lipinski definition) is 2. The van der Waals surface area contributed by atoms with Crippen LogP contribution in [0.5, 0.6) is 0 Å². The van der Waals surface area contributed by atoms with Crippen LogP contribution in [0.1, 0.15) is 13.3 Å². The Morgan fingerprint density at radius 3 is 3.21 bits per heavy atom. The first-order chi connectivity index (χ1) is 6.81. The Labute approximate surface area is 83.3 Å². The van der Waals surface area contributed by atoms with Gasteiger partial charge in [0, 0.05) is 31.4 Å². The van der Waals surface area contributed by atoms with E-state index in [0.29, 0.717) is 12.5 Å². The van der Waals surface area contributed by atoms with Gasteiger partial charge in [0.25, 0.3) is 0 Å². The molecule has 14 heavy (non-hydrogen) atoms. The Balaban J connectivity index is 2.05. The molecule has 0 aliphatic carbocycles. The Bertz CT molecular complexity index is 307. The summed E-state index contributed by atoms with van der Waals surface area (Å²) in [7, 11) is 0. The van der Waals surface area contributed by atoms with Gasteiger partial charge in [-0.2, -0.15) is 0 Å². The van der Waals surface area contributed by atoms with Crippen LogP contribution in [0, 0.1) is 0 Å². The summed E-state index contributed by atoms with van der Waals surface area (Å²) in [5.41, 5.74) is 0.968. The van der Waals surface area contributed by atoms with Gasteiger partial charge < -0.3 is 15.2 Å². The molecule has 0 radical (unpaired) electrons. The predicted molar refractivity (Wildman–Crippen MR) is 55.2 cm³/mol. The molecular formula is C10H15N3O. The fourth-order valence-corrected chi connectivity index (χ4v) is 1.87. The summed E-state index contributed by atoms with van der Waals surface area (Å²) in [6.07, 6.45) is 4.30. The van der Waals surface area contributed by atoms with Crippen molar-refractivity contribution >= 4 is 11.6 Å². The largest absolute Gasteiger partial charge is 0.366 e. The van der Waals surface area contributed by atoms with E-state index in [1.54, 1.807) is 0 Å². The molecule has 0 spiro atoms. The molecule has 0 bridgehead atoms. The van der Waals surface area contributed by atoms with Crippen molar-refractivity contribution in [1.29, 1.82) is 0 Å². The maximum Gasteiger partial charge on any atom is 0.228 e. The molecule has 0 saturated carbocycles. The number of rotatable bonds is 3. The molecule has 1 saturated heterocycles. The summed E-state index contributed by atoms with van der Waals surface area (Å²) in [5, 5.41) is 3.29. The number of nitrogens with one attached hydrogen (secondary N) is 2. The zero-order chi connectivity index (χ0) is 9.97. The van der Waals surface area contributed by atoms with E-state index in [4.69, 9.17) is 0 Å². The van der Waals surface area contributed by atoms with Crippen LogP contribution < -0.4 is 10.2 Å². The van der Waals surface area contributed by atoms with E-state index in [9.17, 15) is 4.79 Å². The third-order valence-corrected chi connectivity index (χ3v) is 2.51. The third kappa shape index (κ3) is 1.65. The first kappa shape index (κ1) is 9.27. The van der Waals surface area contributed by atoms with Crippen molar-refractivity contribution in [2.45, 2.75) is 19.4 Å². The first-order valence-corrected chi connectivity index (χ1v) is 4.97. The van der Waals surface area contributed by atoms with E-state index in [1.165, 1.54) is 0 Å². The molecule has 1 unspecified atom stereocenters. The lowest BCUT2D eigenvalue weighted by atomic mass is 10.2. The zero-order valence-corrected chi connectivity index (χ0v) is 8.29. The molecule has 2 rings (SSSR count). The van der Waals surface area contributed by atoms with Gasteiger partial charge in [0.1, 0.15) is 0 Å². The Hall–Kier alpha value is -1.29. The van der Waals surface area contributed by atoms with Crippen LogP contribution in [0.2, 0.25) is 0 Å². The van der Waals surface area contributed by atoms with Crippen molar-refractivity contribution in [3.63, 3.8) is 0 Å². The minimum Gasteiger partial charge on any atom is -0.366 e. The maximum atomic E-state index is 11.6. The van der Waals surface area contributed by atoms with Crippen LogP contribution in [-0.2, 0) is 4.79 Å². The number of aromatic amines is 1. The average molecular weight is 193 g/mol. The van der Waals surface area contributed by atoms with Gasteiger partial charge in [0.15, 0.2) is 0 Å². The van der Waals surface area contributed by atoms with E-state index in [2.05, 4.69) is 17.2 Å². The SMILES string of the molecule is CCNC1CC(=O)N(c2cc[nH]c2)C1. The number of carbonyl (C=O) groups is 1. The highest BCUT2D eigenvalue weighted by molar-refractivity contribution is 5.96. The maximum absolute atomic E-state index is 11.6. The highest BCUT2D eigenvalue weighted by Gasteiger charge is 2.29. The second-order valence-electron chi connectivity index (χ2n) is 3.53. The summed E-state index contributed by atoms with van der Waals surface area (Å²) < 4.78 is 0. The summed E-state index contributed by atoms with van der Waals surface area (Å²) in [6.45, 7) is 3.76. The standard InChI is InChI=1S/C10H15N3O/c1-2-12-8-5-10(14)13(7-8)9-3-4-11-6-9/h3-4,6,8,11-12H,2,5,7H2,1H3. The molecule has 4 heteroatoms. The summed E-state index contributed by atoms with van der Waals surface area (Å²) in [6, 6.07) is 2.23. The van der Waals surface area contributed by atoms with Gasteiger partial charge in [-0.15, -0.1) is 0 Å². The van der Waals surface area contributed by atoms with Crippen LogP contribution in [0.25, 0.3) is 0 Å². The molecule has 1 atom stereocenters. The molecule has 1 aliphatic rings. The third-order valence-electron chi connectivity index (χ3n) is 2.51.